The van der Waals surface area contributed by atoms with Gasteiger partial charge in [-0.3, -0.25) is 4.79 Å². The number of carboxylic acids is 1. The Morgan fingerprint density at radius 3 is 2.89 bits per heavy atom. The minimum Gasteiger partial charge on any atom is -0.488 e. The number of carboxylic acid groups (broad SMARTS) is 1. The van der Waals surface area contributed by atoms with E-state index < -0.39 is 5.97 Å². The minimum absolute atomic E-state index is 0.0269. The zero-order chi connectivity index (χ0) is 14.2. The molecular weight excluding hydrogens is 268 g/mol. The van der Waals surface area contributed by atoms with Gasteiger partial charge in [0.25, 0.3) is 0 Å². The second-order valence-electron chi connectivity index (χ2n) is 4.56. The molecule has 100 valence electrons. The Bertz CT molecular complexity index is 577. The zero-order valence-electron chi connectivity index (χ0n) is 10.4. The average Bonchev–Trinajstić information content (AvgIpc) is 2.65. The Hall–Kier alpha value is -1.81. The summed E-state index contributed by atoms with van der Waals surface area (Å²) in [7, 11) is 0. The number of rotatable bonds is 4. The van der Waals surface area contributed by atoms with Gasteiger partial charge in [-0.25, -0.2) is 4.79 Å². The van der Waals surface area contributed by atoms with Crippen LogP contribution in [0.25, 0.3) is 0 Å². The third-order valence-electron chi connectivity index (χ3n) is 3.12. The molecule has 1 aliphatic rings. The Morgan fingerprint density at radius 1 is 1.58 bits per heavy atom. The summed E-state index contributed by atoms with van der Waals surface area (Å²) in [4.78, 5) is 22.6. The summed E-state index contributed by atoms with van der Waals surface area (Å²) in [5, 5.41) is 9.26. The lowest BCUT2D eigenvalue weighted by molar-refractivity contribution is -0.133. The molecule has 0 aliphatic heterocycles. The number of halogens is 1. The summed E-state index contributed by atoms with van der Waals surface area (Å²) in [5.41, 5.74) is 1.19. The van der Waals surface area contributed by atoms with Gasteiger partial charge in [-0.2, -0.15) is 0 Å². The number of hydrogen-bond acceptors (Lipinski definition) is 3. The first-order valence-corrected chi connectivity index (χ1v) is 6.19. The Morgan fingerprint density at radius 2 is 2.26 bits per heavy atom. The molecule has 5 heteroatoms. The molecule has 0 amide bonds. The molecule has 0 bridgehead atoms. The summed E-state index contributed by atoms with van der Waals surface area (Å²) in [6.07, 6.45) is 0.398. The van der Waals surface area contributed by atoms with E-state index in [0.717, 1.165) is 5.56 Å². The van der Waals surface area contributed by atoms with Crippen LogP contribution in [0.2, 0.25) is 5.02 Å². The molecule has 0 heterocycles. The maximum atomic E-state index is 12.0. The number of carbonyl (C=O) groups is 2. The maximum Gasteiger partial charge on any atom is 0.334 e. The molecule has 0 saturated carbocycles. The van der Waals surface area contributed by atoms with Crippen molar-refractivity contribution in [2.75, 3.05) is 6.61 Å². The fraction of sp³-hybridized carbons (Fsp3) is 0.286. The van der Waals surface area contributed by atoms with Crippen LogP contribution in [0.4, 0.5) is 0 Å². The number of ketones is 1. The molecule has 0 radical (unpaired) electrons. The van der Waals surface area contributed by atoms with Gasteiger partial charge in [0.2, 0.25) is 0 Å². The van der Waals surface area contributed by atoms with E-state index in [0.29, 0.717) is 22.8 Å². The Labute approximate surface area is 115 Å². The highest BCUT2D eigenvalue weighted by Crippen LogP contribution is 2.42. The standard InChI is InChI=1S/C14H13ClO4/c1-7-5-10(16)13-11(4-3-9(15)12(7)13)19-6-8(2)14(17)18/h3-4,7H,2,5-6H2,1H3,(H,17,18). The van der Waals surface area contributed by atoms with Gasteiger partial charge < -0.3 is 9.84 Å². The van der Waals surface area contributed by atoms with Crippen LogP contribution in [-0.2, 0) is 4.79 Å². The van der Waals surface area contributed by atoms with Crippen LogP contribution in [0.5, 0.6) is 5.75 Å². The van der Waals surface area contributed by atoms with Crippen molar-refractivity contribution in [3.05, 3.63) is 40.4 Å². The van der Waals surface area contributed by atoms with Gasteiger partial charge in [0, 0.05) is 11.4 Å². The van der Waals surface area contributed by atoms with Gasteiger partial charge in [-0.05, 0) is 23.6 Å². The molecule has 1 atom stereocenters. The molecule has 0 fully saturated rings. The van der Waals surface area contributed by atoms with Gasteiger partial charge in [0.05, 0.1) is 11.1 Å². The molecular formula is C14H13ClO4. The lowest BCUT2D eigenvalue weighted by Gasteiger charge is -2.12. The van der Waals surface area contributed by atoms with Crippen LogP contribution in [0.1, 0.15) is 35.2 Å². The second kappa shape index (κ2) is 5.05. The zero-order valence-corrected chi connectivity index (χ0v) is 11.2. The summed E-state index contributed by atoms with van der Waals surface area (Å²) < 4.78 is 5.39. The van der Waals surface area contributed by atoms with Crippen molar-refractivity contribution < 1.29 is 19.4 Å². The van der Waals surface area contributed by atoms with E-state index in [9.17, 15) is 9.59 Å². The molecule has 1 N–H and O–H groups in total. The molecule has 4 nitrogen and oxygen atoms in total. The highest BCUT2D eigenvalue weighted by Gasteiger charge is 2.31. The van der Waals surface area contributed by atoms with Crippen LogP contribution in [0, 0.1) is 0 Å². The van der Waals surface area contributed by atoms with E-state index in [4.69, 9.17) is 21.4 Å². The summed E-state index contributed by atoms with van der Waals surface area (Å²) in [6.45, 7) is 5.14. The quantitative estimate of drug-likeness (QED) is 0.861. The first kappa shape index (κ1) is 13.6. The number of benzene rings is 1. The van der Waals surface area contributed by atoms with E-state index in [2.05, 4.69) is 6.58 Å². The van der Waals surface area contributed by atoms with Crippen molar-refractivity contribution in [3.63, 3.8) is 0 Å². The molecule has 1 aromatic rings. The van der Waals surface area contributed by atoms with Crippen LogP contribution in [0.15, 0.2) is 24.3 Å². The summed E-state index contributed by atoms with van der Waals surface area (Å²) in [6, 6.07) is 3.25. The molecule has 0 spiro atoms. The largest absolute Gasteiger partial charge is 0.488 e. The number of aliphatic carboxylic acids is 1. The molecule has 1 unspecified atom stereocenters. The van der Waals surface area contributed by atoms with E-state index in [-0.39, 0.29) is 23.9 Å². The van der Waals surface area contributed by atoms with Gasteiger partial charge in [0.15, 0.2) is 5.78 Å². The average molecular weight is 281 g/mol. The van der Waals surface area contributed by atoms with Crippen LogP contribution < -0.4 is 4.74 Å². The number of hydrogen-bond donors (Lipinski definition) is 1. The van der Waals surface area contributed by atoms with E-state index in [1.165, 1.54) is 0 Å². The van der Waals surface area contributed by atoms with Crippen molar-refractivity contribution in [1.82, 2.24) is 0 Å². The smallest absolute Gasteiger partial charge is 0.334 e. The van der Waals surface area contributed by atoms with E-state index in [1.807, 2.05) is 6.92 Å². The van der Waals surface area contributed by atoms with Gasteiger partial charge in [-0.1, -0.05) is 25.1 Å². The van der Waals surface area contributed by atoms with Crippen LogP contribution in [0.3, 0.4) is 0 Å². The fourth-order valence-electron chi connectivity index (χ4n) is 2.17. The maximum absolute atomic E-state index is 12.0. The molecule has 0 aromatic heterocycles. The van der Waals surface area contributed by atoms with Crippen molar-refractivity contribution in [2.45, 2.75) is 19.3 Å². The fourth-order valence-corrected chi connectivity index (χ4v) is 2.52. The van der Waals surface area contributed by atoms with Crippen LogP contribution in [-0.4, -0.2) is 23.5 Å². The molecule has 0 saturated heterocycles. The lowest BCUT2D eigenvalue weighted by Crippen LogP contribution is -2.10. The highest BCUT2D eigenvalue weighted by atomic mass is 35.5. The SMILES string of the molecule is C=C(COc1ccc(Cl)c2c1C(=O)CC2C)C(=O)O. The van der Waals surface area contributed by atoms with Gasteiger partial charge in [0.1, 0.15) is 12.4 Å². The van der Waals surface area contributed by atoms with E-state index >= 15 is 0 Å². The molecule has 2 rings (SSSR count). The first-order chi connectivity index (χ1) is 8.91. The molecule has 19 heavy (non-hydrogen) atoms. The monoisotopic (exact) mass is 280 g/mol. The highest BCUT2D eigenvalue weighted by molar-refractivity contribution is 6.32. The predicted octanol–water partition coefficient (Wildman–Crippen LogP) is 3.05. The first-order valence-electron chi connectivity index (χ1n) is 5.81. The number of carbonyl (C=O) groups excluding carboxylic acids is 1. The Balaban J connectivity index is 2.31. The third-order valence-corrected chi connectivity index (χ3v) is 3.45. The normalized spacial score (nSPS) is 17.2. The lowest BCUT2D eigenvalue weighted by atomic mass is 10.0. The van der Waals surface area contributed by atoms with Crippen molar-refractivity contribution >= 4 is 23.4 Å². The molecule has 1 aliphatic carbocycles. The predicted molar refractivity (Wildman–Crippen MR) is 71.1 cm³/mol. The van der Waals surface area contributed by atoms with Gasteiger partial charge >= 0.3 is 5.97 Å². The number of fused-ring (bicyclic) bond motifs is 1. The number of Topliss-reactive ketones (excluding diaryl/α,β-unsaturated/α-hetero) is 1. The summed E-state index contributed by atoms with van der Waals surface area (Å²) >= 11 is 6.10. The second-order valence-corrected chi connectivity index (χ2v) is 4.97. The molecule has 1 aromatic carbocycles. The Kier molecular flexibility index (Phi) is 3.62. The van der Waals surface area contributed by atoms with Gasteiger partial charge in [-0.15, -0.1) is 0 Å². The van der Waals surface area contributed by atoms with Crippen molar-refractivity contribution in [2.24, 2.45) is 0 Å². The minimum atomic E-state index is -1.12. The number of ether oxygens (including phenoxy) is 1. The van der Waals surface area contributed by atoms with Crippen molar-refractivity contribution in [1.29, 1.82) is 0 Å². The summed E-state index contributed by atoms with van der Waals surface area (Å²) in [5.74, 6) is -0.719. The third kappa shape index (κ3) is 2.49. The van der Waals surface area contributed by atoms with Crippen molar-refractivity contribution in [3.8, 4) is 5.75 Å². The van der Waals surface area contributed by atoms with E-state index in [1.54, 1.807) is 12.1 Å². The topological polar surface area (TPSA) is 63.6 Å². The van der Waals surface area contributed by atoms with Crippen LogP contribution >= 0.6 is 11.6 Å².